The molecule has 262 valence electrons. The number of furan rings is 1. The van der Waals surface area contributed by atoms with Gasteiger partial charge in [0.15, 0.2) is 5.58 Å². The molecule has 0 spiro atoms. The maximum atomic E-state index is 6.52. The van der Waals surface area contributed by atoms with Gasteiger partial charge in [-0.15, -0.1) is 0 Å². The van der Waals surface area contributed by atoms with Crippen LogP contribution < -0.4 is 4.90 Å². The molecule has 11 rings (SSSR count). The fourth-order valence-electron chi connectivity index (χ4n) is 8.48. The number of nitrogens with zero attached hydrogens (tertiary/aromatic N) is 2. The van der Waals surface area contributed by atoms with E-state index in [0.29, 0.717) is 0 Å². The lowest BCUT2D eigenvalue weighted by molar-refractivity contribution is 0.667. The molecule has 0 saturated carbocycles. The molecule has 9 aromatic carbocycles. The number of hydrogen-bond acceptors (Lipinski definition) is 3. The highest BCUT2D eigenvalue weighted by molar-refractivity contribution is 6.16. The van der Waals surface area contributed by atoms with E-state index in [9.17, 15) is 0 Å². The molecule has 3 heteroatoms. The van der Waals surface area contributed by atoms with E-state index in [-0.39, 0.29) is 0 Å². The lowest BCUT2D eigenvalue weighted by Gasteiger charge is -2.26. The maximum absolute atomic E-state index is 6.52. The summed E-state index contributed by atoms with van der Waals surface area (Å²) in [4.78, 5) is 7.07. The highest BCUT2D eigenvalue weighted by Crippen LogP contribution is 2.45. The van der Waals surface area contributed by atoms with Gasteiger partial charge in [0.2, 0.25) is 0 Å². The first kappa shape index (κ1) is 32.0. The van der Waals surface area contributed by atoms with Gasteiger partial charge in [0.05, 0.1) is 23.5 Å². The standard InChI is InChI=1S/C53H34N2O/c1-2-11-36(12-3-1)47-30-25-37-14-7-9-19-46(37)52(47)39-23-28-43(29-24-39)55(42-26-21-38(22-27-42)45-20-10-17-35-13-6-8-18-44(35)45)49-33-54-34-51-53(49)48-31-40-15-4-5-16-41(40)32-50(48)56-51/h1-34H. The fourth-order valence-corrected chi connectivity index (χ4v) is 8.48. The van der Waals surface area contributed by atoms with Crippen molar-refractivity contribution in [1.29, 1.82) is 0 Å². The number of hydrogen-bond donors (Lipinski definition) is 0. The zero-order valence-electron chi connectivity index (χ0n) is 30.4. The molecule has 56 heavy (non-hydrogen) atoms. The summed E-state index contributed by atoms with van der Waals surface area (Å²) >= 11 is 0. The van der Waals surface area contributed by atoms with E-state index in [1.165, 1.54) is 54.7 Å². The van der Waals surface area contributed by atoms with Crippen molar-refractivity contribution in [2.24, 2.45) is 0 Å². The van der Waals surface area contributed by atoms with E-state index in [1.54, 1.807) is 0 Å². The first-order valence-corrected chi connectivity index (χ1v) is 19.0. The molecule has 2 aromatic heterocycles. The molecule has 0 saturated heterocycles. The second-order valence-electron chi connectivity index (χ2n) is 14.4. The summed E-state index contributed by atoms with van der Waals surface area (Å²) < 4.78 is 6.52. The molecule has 0 bridgehead atoms. The normalized spacial score (nSPS) is 11.6. The van der Waals surface area contributed by atoms with Gasteiger partial charge in [0, 0.05) is 16.8 Å². The number of pyridine rings is 1. The number of anilines is 3. The van der Waals surface area contributed by atoms with E-state index < -0.39 is 0 Å². The first-order chi connectivity index (χ1) is 27.8. The Bertz CT molecular complexity index is 3230. The second kappa shape index (κ2) is 13.1. The summed E-state index contributed by atoms with van der Waals surface area (Å²) in [7, 11) is 0. The van der Waals surface area contributed by atoms with Crippen LogP contribution in [0.1, 0.15) is 0 Å². The smallest absolute Gasteiger partial charge is 0.155 e. The van der Waals surface area contributed by atoms with Crippen molar-refractivity contribution in [3.63, 3.8) is 0 Å². The minimum absolute atomic E-state index is 0.755. The molecular formula is C53H34N2O. The van der Waals surface area contributed by atoms with E-state index in [2.05, 4.69) is 199 Å². The van der Waals surface area contributed by atoms with Gasteiger partial charge < -0.3 is 9.32 Å². The average molecular weight is 715 g/mol. The van der Waals surface area contributed by atoms with Gasteiger partial charge in [0.1, 0.15) is 5.58 Å². The predicted molar refractivity (Wildman–Crippen MR) is 235 cm³/mol. The minimum atomic E-state index is 0.755. The average Bonchev–Trinajstić information content (AvgIpc) is 3.64. The van der Waals surface area contributed by atoms with Crippen LogP contribution in [-0.4, -0.2) is 4.98 Å². The van der Waals surface area contributed by atoms with E-state index in [4.69, 9.17) is 9.40 Å². The molecule has 3 nitrogen and oxygen atoms in total. The topological polar surface area (TPSA) is 29.3 Å². The molecule has 0 atom stereocenters. The number of fused-ring (bicyclic) bond motifs is 6. The van der Waals surface area contributed by atoms with Crippen molar-refractivity contribution in [3.05, 3.63) is 207 Å². The number of benzene rings is 9. The van der Waals surface area contributed by atoms with Gasteiger partial charge in [-0.1, -0.05) is 158 Å². The van der Waals surface area contributed by atoms with Gasteiger partial charge >= 0.3 is 0 Å². The molecule has 0 aliphatic heterocycles. The molecule has 0 N–H and O–H groups in total. The van der Waals surface area contributed by atoms with Crippen LogP contribution in [0.4, 0.5) is 17.1 Å². The molecule has 11 aromatic rings. The monoisotopic (exact) mass is 714 g/mol. The number of rotatable bonds is 6. The first-order valence-electron chi connectivity index (χ1n) is 19.0. The van der Waals surface area contributed by atoms with Crippen LogP contribution in [0.25, 0.3) is 87.6 Å². The summed E-state index contributed by atoms with van der Waals surface area (Å²) in [5, 5.41) is 9.33. The summed E-state index contributed by atoms with van der Waals surface area (Å²) in [6.07, 6.45) is 3.80. The highest BCUT2D eigenvalue weighted by atomic mass is 16.3. The molecule has 0 unspecified atom stereocenters. The van der Waals surface area contributed by atoms with Crippen LogP contribution in [0.3, 0.4) is 0 Å². The Balaban J connectivity index is 1.10. The molecule has 2 heterocycles. The van der Waals surface area contributed by atoms with Crippen molar-refractivity contribution in [3.8, 4) is 33.4 Å². The Morgan fingerprint density at radius 1 is 0.375 bits per heavy atom. The predicted octanol–water partition coefficient (Wildman–Crippen LogP) is 14.9. The lowest BCUT2D eigenvalue weighted by Crippen LogP contribution is -2.10. The van der Waals surface area contributed by atoms with Crippen LogP contribution in [0.15, 0.2) is 211 Å². The van der Waals surface area contributed by atoms with Gasteiger partial charge in [0.25, 0.3) is 0 Å². The Morgan fingerprint density at radius 3 is 1.71 bits per heavy atom. The molecule has 0 fully saturated rings. The zero-order valence-corrected chi connectivity index (χ0v) is 30.4. The van der Waals surface area contributed by atoms with Crippen molar-refractivity contribution in [2.75, 3.05) is 4.90 Å². The van der Waals surface area contributed by atoms with Gasteiger partial charge in [-0.25, -0.2) is 0 Å². The third kappa shape index (κ3) is 5.32. The van der Waals surface area contributed by atoms with E-state index in [1.807, 2.05) is 12.4 Å². The Kier molecular flexibility index (Phi) is 7.49. The van der Waals surface area contributed by atoms with Crippen molar-refractivity contribution < 1.29 is 4.42 Å². The van der Waals surface area contributed by atoms with Gasteiger partial charge in [-0.3, -0.25) is 4.98 Å². The van der Waals surface area contributed by atoms with E-state index >= 15 is 0 Å². The molecule has 0 amide bonds. The maximum Gasteiger partial charge on any atom is 0.155 e. The largest absolute Gasteiger partial charge is 0.454 e. The van der Waals surface area contributed by atoms with Crippen LogP contribution in [0.2, 0.25) is 0 Å². The summed E-state index contributed by atoms with van der Waals surface area (Å²) in [5.41, 5.74) is 11.8. The Morgan fingerprint density at radius 2 is 0.964 bits per heavy atom. The molecule has 0 aliphatic carbocycles. The van der Waals surface area contributed by atoms with Crippen LogP contribution in [0, 0.1) is 0 Å². The van der Waals surface area contributed by atoms with Crippen LogP contribution >= 0.6 is 0 Å². The van der Waals surface area contributed by atoms with Crippen LogP contribution in [0.5, 0.6) is 0 Å². The number of aromatic nitrogens is 1. The Hall–Kier alpha value is -7.49. The zero-order chi connectivity index (χ0) is 37.0. The highest BCUT2D eigenvalue weighted by Gasteiger charge is 2.21. The second-order valence-corrected chi connectivity index (χ2v) is 14.4. The summed E-state index contributed by atoms with van der Waals surface area (Å²) in [6, 6.07) is 69.6. The Labute approximate surface area is 324 Å². The molecule has 0 radical (unpaired) electrons. The van der Waals surface area contributed by atoms with Crippen molar-refractivity contribution in [1.82, 2.24) is 4.98 Å². The fraction of sp³-hybridized carbons (Fsp3) is 0. The van der Waals surface area contributed by atoms with Crippen LogP contribution in [-0.2, 0) is 0 Å². The summed E-state index contributed by atoms with van der Waals surface area (Å²) in [6.45, 7) is 0. The van der Waals surface area contributed by atoms with Gasteiger partial charge in [-0.2, -0.15) is 0 Å². The molecule has 0 aliphatic rings. The summed E-state index contributed by atoms with van der Waals surface area (Å²) in [5.74, 6) is 0. The minimum Gasteiger partial charge on any atom is -0.454 e. The van der Waals surface area contributed by atoms with Crippen molar-refractivity contribution >= 4 is 71.3 Å². The third-order valence-corrected chi connectivity index (χ3v) is 11.1. The molecular weight excluding hydrogens is 681 g/mol. The van der Waals surface area contributed by atoms with Gasteiger partial charge in [-0.05, 0) is 102 Å². The SMILES string of the molecule is c1ccc(-c2ccc3ccccc3c2-c2ccc(N(c3ccc(-c4cccc5ccccc45)cc3)c3cncc4oc5cc6ccccc6cc5c34)cc2)cc1. The van der Waals surface area contributed by atoms with Crippen molar-refractivity contribution in [2.45, 2.75) is 0 Å². The van der Waals surface area contributed by atoms with E-state index in [0.717, 1.165) is 50.0 Å². The quantitative estimate of drug-likeness (QED) is 0.172. The lowest BCUT2D eigenvalue weighted by atomic mass is 9.89. The third-order valence-electron chi connectivity index (χ3n) is 11.1.